The van der Waals surface area contributed by atoms with Gasteiger partial charge in [-0.05, 0) is 29.9 Å². The minimum atomic E-state index is -1.55. The van der Waals surface area contributed by atoms with E-state index < -0.39 is 37.3 Å². The maximum absolute atomic E-state index is 12.2. The lowest BCUT2D eigenvalue weighted by molar-refractivity contribution is -0.278. The third kappa shape index (κ3) is 9.44. The van der Waals surface area contributed by atoms with Gasteiger partial charge in [-0.15, -0.1) is 5.10 Å². The molecule has 1 aliphatic heterocycles. The number of carbonyl (C=O) groups excluding carboxylic acids is 1. The molecule has 8 N–H and O–H groups in total. The molecule has 2 heterocycles. The van der Waals surface area contributed by atoms with Crippen molar-refractivity contribution in [3.8, 4) is 5.88 Å². The molecule has 13 nitrogen and oxygen atoms in total. The molecule has 1 aromatic heterocycles. The standard InChI is InChI=1S/C29H46N4O9/c1-18(2)24-21(28(32-31-24)42-29-27(40)26(39)25(38)22(17-36)41-29)16-20-8-6-19(7-9-20)4-3-5-23(37)30-10-11-33(12-14-34)13-15-35/h6-9,18,22,25-27,29,34-36,38-40H,3-5,10-17H2,1-2H3,(H,30,37)(H,31,32)/t22-,25-,26+,27-,29+/m1/s1. The van der Waals surface area contributed by atoms with Crippen molar-refractivity contribution in [2.75, 3.05) is 46.0 Å². The van der Waals surface area contributed by atoms with Gasteiger partial charge in [-0.1, -0.05) is 38.1 Å². The van der Waals surface area contributed by atoms with Gasteiger partial charge in [-0.25, -0.2) is 0 Å². The van der Waals surface area contributed by atoms with Crippen LogP contribution in [0.4, 0.5) is 0 Å². The third-order valence-electron chi connectivity index (χ3n) is 7.37. The highest BCUT2D eigenvalue weighted by Crippen LogP contribution is 2.31. The van der Waals surface area contributed by atoms with Gasteiger partial charge in [0.2, 0.25) is 18.1 Å². The monoisotopic (exact) mass is 594 g/mol. The molecule has 1 aliphatic rings. The van der Waals surface area contributed by atoms with Crippen LogP contribution in [0, 0.1) is 0 Å². The molecule has 1 amide bonds. The number of aliphatic hydroxyl groups is 6. The Balaban J connectivity index is 1.54. The van der Waals surface area contributed by atoms with Crippen LogP contribution >= 0.6 is 0 Å². The van der Waals surface area contributed by atoms with E-state index >= 15 is 0 Å². The van der Waals surface area contributed by atoms with E-state index in [-0.39, 0.29) is 30.9 Å². The SMILES string of the molecule is CC(C)c1[nH]nc(O[C@@H]2O[C@H](CO)[C@@H](O)[C@H](O)[C@H]2O)c1Cc1ccc(CCCC(=O)NCCN(CCO)CCO)cc1. The first-order chi connectivity index (χ1) is 20.2. The van der Waals surface area contributed by atoms with Crippen molar-refractivity contribution in [2.24, 2.45) is 0 Å². The van der Waals surface area contributed by atoms with Crippen molar-refractivity contribution in [3.05, 3.63) is 46.6 Å². The second-order valence-electron chi connectivity index (χ2n) is 10.9. The van der Waals surface area contributed by atoms with E-state index in [0.717, 1.165) is 28.8 Å². The van der Waals surface area contributed by atoms with Crippen molar-refractivity contribution in [1.82, 2.24) is 20.4 Å². The molecule has 0 spiro atoms. The van der Waals surface area contributed by atoms with E-state index in [1.54, 1.807) is 0 Å². The van der Waals surface area contributed by atoms with Crippen LogP contribution < -0.4 is 10.1 Å². The van der Waals surface area contributed by atoms with Gasteiger partial charge < -0.3 is 45.4 Å². The van der Waals surface area contributed by atoms with E-state index in [1.165, 1.54) is 0 Å². The molecule has 1 saturated heterocycles. The van der Waals surface area contributed by atoms with Crippen LogP contribution in [0.1, 0.15) is 55.0 Å². The molecule has 13 heteroatoms. The van der Waals surface area contributed by atoms with E-state index in [0.29, 0.717) is 45.4 Å². The molecule has 0 radical (unpaired) electrons. The number of H-pyrrole nitrogens is 1. The molecule has 0 bridgehead atoms. The minimum Gasteiger partial charge on any atom is -0.443 e. The highest BCUT2D eigenvalue weighted by molar-refractivity contribution is 5.75. The summed E-state index contributed by atoms with van der Waals surface area (Å²) >= 11 is 0. The Bertz CT molecular complexity index is 1070. The maximum atomic E-state index is 12.2. The first-order valence-electron chi connectivity index (χ1n) is 14.5. The lowest BCUT2D eigenvalue weighted by Crippen LogP contribution is -2.60. The maximum Gasteiger partial charge on any atom is 0.238 e. The topological polar surface area (TPSA) is 201 Å². The van der Waals surface area contributed by atoms with Crippen molar-refractivity contribution in [3.63, 3.8) is 0 Å². The highest BCUT2D eigenvalue weighted by atomic mass is 16.7. The van der Waals surface area contributed by atoms with Gasteiger partial charge in [0.15, 0.2) is 0 Å². The summed E-state index contributed by atoms with van der Waals surface area (Å²) in [6.07, 6.45) is -4.68. The second kappa shape index (κ2) is 16.9. The van der Waals surface area contributed by atoms with Crippen molar-refractivity contribution in [2.45, 2.75) is 76.2 Å². The summed E-state index contributed by atoms with van der Waals surface area (Å²) in [4.78, 5) is 14.1. The van der Waals surface area contributed by atoms with Crippen molar-refractivity contribution >= 4 is 5.91 Å². The van der Waals surface area contributed by atoms with Gasteiger partial charge in [-0.2, -0.15) is 0 Å². The number of aromatic amines is 1. The van der Waals surface area contributed by atoms with Crippen LogP contribution in [-0.4, -0.2) is 128 Å². The number of aryl methyl sites for hydroxylation is 1. The fourth-order valence-electron chi connectivity index (χ4n) is 4.92. The lowest BCUT2D eigenvalue weighted by atomic mass is 9.97. The number of nitrogens with one attached hydrogen (secondary N) is 2. The van der Waals surface area contributed by atoms with E-state index in [2.05, 4.69) is 15.5 Å². The summed E-state index contributed by atoms with van der Waals surface area (Å²) in [6, 6.07) is 8.03. The molecule has 0 saturated carbocycles. The summed E-state index contributed by atoms with van der Waals surface area (Å²) in [5, 5.41) is 68.3. The number of aliphatic hydroxyl groups excluding tert-OH is 6. The van der Waals surface area contributed by atoms with Crippen LogP contribution in [0.15, 0.2) is 24.3 Å². The molecular weight excluding hydrogens is 548 g/mol. The zero-order valence-corrected chi connectivity index (χ0v) is 24.4. The Morgan fingerprint density at radius 1 is 1.02 bits per heavy atom. The number of carbonyl (C=O) groups is 1. The fraction of sp³-hybridized carbons (Fsp3) is 0.655. The van der Waals surface area contributed by atoms with Crippen LogP contribution in [0.2, 0.25) is 0 Å². The zero-order chi connectivity index (χ0) is 30.6. The van der Waals surface area contributed by atoms with Crippen LogP contribution in [0.25, 0.3) is 0 Å². The molecule has 5 atom stereocenters. The summed E-state index contributed by atoms with van der Waals surface area (Å²) in [6.45, 7) is 5.41. The number of hydrogen-bond acceptors (Lipinski definition) is 11. The highest BCUT2D eigenvalue weighted by Gasteiger charge is 2.45. The van der Waals surface area contributed by atoms with Gasteiger partial charge in [0, 0.05) is 50.3 Å². The number of rotatable bonds is 17. The molecule has 1 fully saturated rings. The van der Waals surface area contributed by atoms with Crippen molar-refractivity contribution in [1.29, 1.82) is 0 Å². The Labute approximate surface area is 246 Å². The van der Waals surface area contributed by atoms with E-state index in [1.807, 2.05) is 43.0 Å². The molecule has 0 aliphatic carbocycles. The Morgan fingerprint density at radius 2 is 1.69 bits per heavy atom. The average Bonchev–Trinajstić information content (AvgIpc) is 3.36. The Morgan fingerprint density at radius 3 is 2.31 bits per heavy atom. The third-order valence-corrected chi connectivity index (χ3v) is 7.37. The van der Waals surface area contributed by atoms with Crippen LogP contribution in [0.3, 0.4) is 0 Å². The van der Waals surface area contributed by atoms with Crippen LogP contribution in [-0.2, 0) is 22.4 Å². The lowest BCUT2D eigenvalue weighted by Gasteiger charge is -2.39. The number of aromatic nitrogens is 2. The number of hydrogen-bond donors (Lipinski definition) is 8. The van der Waals surface area contributed by atoms with Gasteiger partial charge in [-0.3, -0.25) is 14.8 Å². The molecule has 42 heavy (non-hydrogen) atoms. The summed E-state index contributed by atoms with van der Waals surface area (Å²) in [5.41, 5.74) is 3.70. The molecular formula is C29H46N4O9. The largest absolute Gasteiger partial charge is 0.443 e. The summed E-state index contributed by atoms with van der Waals surface area (Å²) in [5.74, 6) is 0.263. The van der Waals surface area contributed by atoms with E-state index in [9.17, 15) is 25.2 Å². The number of nitrogens with zero attached hydrogens (tertiary/aromatic N) is 2. The minimum absolute atomic E-state index is 0.00475. The predicted octanol–water partition coefficient (Wildman–Crippen LogP) is -0.972. The first-order valence-corrected chi connectivity index (χ1v) is 14.5. The summed E-state index contributed by atoms with van der Waals surface area (Å²) in [7, 11) is 0. The Kier molecular flexibility index (Phi) is 13.6. The predicted molar refractivity (Wildman–Crippen MR) is 153 cm³/mol. The van der Waals surface area contributed by atoms with Gasteiger partial charge in [0.1, 0.15) is 24.4 Å². The number of ether oxygens (including phenoxy) is 2. The zero-order valence-electron chi connectivity index (χ0n) is 24.4. The van der Waals surface area contributed by atoms with Crippen LogP contribution in [0.5, 0.6) is 5.88 Å². The van der Waals surface area contributed by atoms with Crippen molar-refractivity contribution < 1.29 is 44.9 Å². The molecule has 236 valence electrons. The quantitative estimate of drug-likeness (QED) is 0.112. The summed E-state index contributed by atoms with van der Waals surface area (Å²) < 4.78 is 11.4. The molecule has 3 rings (SSSR count). The Hall–Kier alpha value is -2.62. The van der Waals surface area contributed by atoms with Gasteiger partial charge in [0.25, 0.3) is 0 Å². The fourth-order valence-corrected chi connectivity index (χ4v) is 4.92. The number of benzene rings is 1. The smallest absolute Gasteiger partial charge is 0.238 e. The second-order valence-corrected chi connectivity index (χ2v) is 10.9. The average molecular weight is 595 g/mol. The van der Waals surface area contributed by atoms with E-state index in [4.69, 9.17) is 19.7 Å². The normalized spacial score (nSPS) is 22.6. The number of amides is 1. The van der Waals surface area contributed by atoms with Gasteiger partial charge >= 0.3 is 0 Å². The molecule has 2 aromatic rings. The molecule has 1 aromatic carbocycles. The van der Waals surface area contributed by atoms with Gasteiger partial charge in [0.05, 0.1) is 19.8 Å². The first kappa shape index (κ1) is 33.9. The molecule has 0 unspecified atom stereocenters.